The minimum Gasteiger partial charge on any atom is -0.352 e. The molecule has 0 atom stereocenters. The average molecular weight is 508 g/mol. The van der Waals surface area contributed by atoms with Crippen LogP contribution in [0.2, 0.25) is 5.02 Å². The van der Waals surface area contributed by atoms with E-state index in [-0.39, 0.29) is 17.9 Å². The number of nitrogens with zero attached hydrogens (tertiary/aromatic N) is 2. The Morgan fingerprint density at radius 1 is 1.11 bits per heavy atom. The van der Waals surface area contributed by atoms with Crippen molar-refractivity contribution in [1.82, 2.24) is 15.0 Å². The Balaban J connectivity index is 1.41. The van der Waals surface area contributed by atoms with Gasteiger partial charge in [-0.05, 0) is 66.1 Å². The van der Waals surface area contributed by atoms with Crippen molar-refractivity contribution >= 4 is 28.8 Å². The molecule has 7 nitrogen and oxygen atoms in total. The van der Waals surface area contributed by atoms with Gasteiger partial charge in [0.1, 0.15) is 0 Å². The summed E-state index contributed by atoms with van der Waals surface area (Å²) in [4.78, 5) is 32.2. The van der Waals surface area contributed by atoms with Gasteiger partial charge in [-0.3, -0.25) is 14.6 Å². The number of carbonyl (C=O) groups excluding carboxylic acids is 1. The van der Waals surface area contributed by atoms with Gasteiger partial charge in [-0.25, -0.2) is 4.68 Å². The first-order chi connectivity index (χ1) is 16.9. The summed E-state index contributed by atoms with van der Waals surface area (Å²) in [6.07, 6.45) is 3.43. The molecule has 3 aromatic heterocycles. The zero-order chi connectivity index (χ0) is 24.8. The Hall–Kier alpha value is -3.46. The van der Waals surface area contributed by atoms with E-state index in [0.717, 1.165) is 32.1 Å². The highest BCUT2D eigenvalue weighted by atomic mass is 35.5. The molecule has 3 heterocycles. The van der Waals surface area contributed by atoms with Crippen molar-refractivity contribution in [1.29, 1.82) is 0 Å². The van der Waals surface area contributed by atoms with Crippen LogP contribution < -0.4 is 22.0 Å². The van der Waals surface area contributed by atoms with Crippen LogP contribution in [0, 0.1) is 6.92 Å². The minimum atomic E-state index is -0.246. The third kappa shape index (κ3) is 6.16. The fourth-order valence-corrected chi connectivity index (χ4v) is 4.78. The molecule has 4 rings (SSSR count). The summed E-state index contributed by atoms with van der Waals surface area (Å²) in [5.74, 6) is -0.246. The number of carbonyl (C=O) groups is 1. The monoisotopic (exact) mass is 507 g/mol. The number of nitrogens with one attached hydrogen (secondary N) is 2. The normalized spacial score (nSPS) is 10.8. The lowest BCUT2D eigenvalue weighted by Crippen LogP contribution is -2.34. The van der Waals surface area contributed by atoms with Crippen LogP contribution in [0.3, 0.4) is 0 Å². The van der Waals surface area contributed by atoms with Crippen molar-refractivity contribution in [3.05, 3.63) is 109 Å². The molecular weight excluding hydrogens is 482 g/mol. The van der Waals surface area contributed by atoms with Crippen LogP contribution in [0.15, 0.2) is 71.8 Å². The van der Waals surface area contributed by atoms with Crippen molar-refractivity contribution in [2.75, 3.05) is 5.43 Å². The highest BCUT2D eigenvalue weighted by Crippen LogP contribution is 2.26. The summed E-state index contributed by atoms with van der Waals surface area (Å²) in [5.41, 5.74) is 12.6. The summed E-state index contributed by atoms with van der Waals surface area (Å²) in [6.45, 7) is 2.95. The zero-order valence-corrected chi connectivity index (χ0v) is 20.8. The topological polar surface area (TPSA) is 102 Å². The van der Waals surface area contributed by atoms with Crippen molar-refractivity contribution in [3.63, 3.8) is 0 Å². The highest BCUT2D eigenvalue weighted by Gasteiger charge is 2.13. The lowest BCUT2D eigenvalue weighted by Gasteiger charge is -2.13. The van der Waals surface area contributed by atoms with Crippen LogP contribution in [0.4, 0.5) is 0 Å². The van der Waals surface area contributed by atoms with Crippen LogP contribution in [-0.4, -0.2) is 15.6 Å². The first-order valence-electron chi connectivity index (χ1n) is 11.1. The molecule has 0 saturated carbocycles. The van der Waals surface area contributed by atoms with Crippen LogP contribution in [-0.2, 0) is 30.8 Å². The maximum atomic E-state index is 13.1. The Morgan fingerprint density at radius 3 is 2.74 bits per heavy atom. The number of nitrogens with two attached hydrogens (primary N) is 1. The van der Waals surface area contributed by atoms with Gasteiger partial charge in [0.2, 0.25) is 5.91 Å². The molecule has 0 aliphatic carbocycles. The van der Waals surface area contributed by atoms with Crippen LogP contribution in [0.1, 0.15) is 27.1 Å². The predicted octanol–water partition coefficient (Wildman–Crippen LogP) is 3.99. The maximum absolute atomic E-state index is 13.1. The van der Waals surface area contributed by atoms with Gasteiger partial charge in [-0.1, -0.05) is 23.7 Å². The molecule has 0 aliphatic heterocycles. The van der Waals surface area contributed by atoms with Crippen LogP contribution in [0.5, 0.6) is 0 Å². The van der Waals surface area contributed by atoms with E-state index in [1.54, 1.807) is 35.9 Å². The molecule has 1 aromatic carbocycles. The van der Waals surface area contributed by atoms with E-state index in [9.17, 15) is 9.59 Å². The van der Waals surface area contributed by atoms with Gasteiger partial charge in [-0.15, -0.1) is 11.3 Å². The predicted molar refractivity (Wildman–Crippen MR) is 141 cm³/mol. The highest BCUT2D eigenvalue weighted by molar-refractivity contribution is 7.15. The molecular formula is C26H26ClN5O2S. The number of hydrogen-bond donors (Lipinski definition) is 3. The molecule has 9 heteroatoms. The number of pyridine rings is 2. The van der Waals surface area contributed by atoms with Gasteiger partial charge in [-0.2, -0.15) is 0 Å². The Kier molecular flexibility index (Phi) is 7.97. The number of benzene rings is 1. The number of halogens is 1. The molecule has 180 valence electrons. The fourth-order valence-electron chi connectivity index (χ4n) is 3.67. The van der Waals surface area contributed by atoms with Gasteiger partial charge in [0.15, 0.2) is 0 Å². The quantitative estimate of drug-likeness (QED) is 0.318. The second kappa shape index (κ2) is 11.3. The molecule has 4 N–H and O–H groups in total. The molecule has 0 fully saturated rings. The first kappa shape index (κ1) is 24.7. The maximum Gasteiger partial charge on any atom is 0.272 e. The summed E-state index contributed by atoms with van der Waals surface area (Å²) in [5, 5.41) is 3.45. The molecule has 35 heavy (non-hydrogen) atoms. The van der Waals surface area contributed by atoms with Gasteiger partial charge >= 0.3 is 0 Å². The van der Waals surface area contributed by atoms with Gasteiger partial charge in [0, 0.05) is 40.9 Å². The van der Waals surface area contributed by atoms with E-state index in [1.165, 1.54) is 4.68 Å². The molecule has 4 aromatic rings. The van der Waals surface area contributed by atoms with Crippen molar-refractivity contribution in [2.45, 2.75) is 33.0 Å². The lowest BCUT2D eigenvalue weighted by molar-refractivity contribution is -0.120. The number of thiophene rings is 1. The van der Waals surface area contributed by atoms with Gasteiger partial charge in [0.05, 0.1) is 23.5 Å². The number of aromatic nitrogens is 2. The Labute approximate surface area is 212 Å². The van der Waals surface area contributed by atoms with Gasteiger partial charge in [0.25, 0.3) is 5.56 Å². The smallest absolute Gasteiger partial charge is 0.272 e. The van der Waals surface area contributed by atoms with Crippen molar-refractivity contribution < 1.29 is 4.79 Å². The summed E-state index contributed by atoms with van der Waals surface area (Å²) >= 11 is 7.69. The minimum absolute atomic E-state index is 0.0193. The average Bonchev–Trinajstić information content (AvgIpc) is 3.34. The number of amides is 1. The molecule has 0 radical (unpaired) electrons. The molecule has 0 bridgehead atoms. The Morgan fingerprint density at radius 2 is 1.97 bits per heavy atom. The van der Waals surface area contributed by atoms with E-state index < -0.39 is 0 Å². The third-order valence-electron chi connectivity index (χ3n) is 5.63. The third-order valence-corrected chi connectivity index (χ3v) is 6.97. The second-order valence-corrected chi connectivity index (χ2v) is 9.64. The standard InChI is InChI=1S/C26H26ClN5O2S/c1-17-9-11-32(31-16-21-7-8-24(35-21)23-4-2-3-10-29-23)26(34)22(17)13-25(33)30-15-19-12-20(27)6-5-18(19)14-28/h2-12,31H,13-16,28H2,1H3,(H,30,33). The van der Waals surface area contributed by atoms with Crippen LogP contribution in [0.25, 0.3) is 10.6 Å². The number of aryl methyl sites for hydroxylation is 1. The summed E-state index contributed by atoms with van der Waals surface area (Å²) in [6, 6.07) is 17.1. The molecule has 0 spiro atoms. The lowest BCUT2D eigenvalue weighted by atomic mass is 10.1. The Bertz CT molecular complexity index is 1380. The van der Waals surface area contributed by atoms with E-state index in [4.69, 9.17) is 17.3 Å². The molecule has 0 unspecified atom stereocenters. The van der Waals surface area contributed by atoms with E-state index in [0.29, 0.717) is 30.2 Å². The summed E-state index contributed by atoms with van der Waals surface area (Å²) in [7, 11) is 0. The zero-order valence-electron chi connectivity index (χ0n) is 19.3. The van der Waals surface area contributed by atoms with E-state index >= 15 is 0 Å². The number of hydrogen-bond acceptors (Lipinski definition) is 6. The van der Waals surface area contributed by atoms with Gasteiger partial charge < -0.3 is 16.5 Å². The molecule has 0 aliphatic rings. The van der Waals surface area contributed by atoms with E-state index in [2.05, 4.69) is 15.7 Å². The molecule has 0 saturated heterocycles. The second-order valence-electron chi connectivity index (χ2n) is 8.04. The van der Waals surface area contributed by atoms with E-state index in [1.807, 2.05) is 49.4 Å². The summed E-state index contributed by atoms with van der Waals surface area (Å²) < 4.78 is 1.43. The SMILES string of the molecule is Cc1ccn(NCc2ccc(-c3ccccn3)s2)c(=O)c1CC(=O)NCc1cc(Cl)ccc1CN. The van der Waals surface area contributed by atoms with Crippen LogP contribution >= 0.6 is 22.9 Å². The number of rotatable bonds is 9. The largest absolute Gasteiger partial charge is 0.352 e. The van der Waals surface area contributed by atoms with Crippen molar-refractivity contribution in [3.8, 4) is 10.6 Å². The first-order valence-corrected chi connectivity index (χ1v) is 12.3. The fraction of sp³-hybridized carbons (Fsp3) is 0.192. The molecule has 1 amide bonds. The van der Waals surface area contributed by atoms with Crippen molar-refractivity contribution in [2.24, 2.45) is 5.73 Å².